The standard InChI is InChI=1S/C23H23N3O4S/c1-14(2)30-21-19(31-23(28)25-21)12-15-8-10-16(11-9-15)29-13-20-24-18-7-5-4-6-17(18)22(27)26(20)3/h4-11,14,19H,12-13H2,1-3H3. The van der Waals surface area contributed by atoms with Gasteiger partial charge in [-0.1, -0.05) is 24.3 Å². The van der Waals surface area contributed by atoms with E-state index in [4.69, 9.17) is 9.47 Å². The molecule has 0 saturated carbocycles. The van der Waals surface area contributed by atoms with Gasteiger partial charge in [-0.25, -0.2) is 4.98 Å². The van der Waals surface area contributed by atoms with Gasteiger partial charge in [0.05, 0.1) is 22.3 Å². The Bertz CT molecular complexity index is 1200. The number of carbonyl (C=O) groups is 1. The molecule has 0 spiro atoms. The molecule has 0 aliphatic carbocycles. The molecule has 1 atom stereocenters. The molecule has 8 heteroatoms. The number of ether oxygens (including phenoxy) is 2. The first-order valence-corrected chi connectivity index (χ1v) is 10.9. The molecule has 160 valence electrons. The lowest BCUT2D eigenvalue weighted by Crippen LogP contribution is -2.23. The number of benzene rings is 2. The number of aromatic nitrogens is 2. The summed E-state index contributed by atoms with van der Waals surface area (Å²) >= 11 is 1.19. The number of thioether (sulfide) groups is 1. The second-order valence-electron chi connectivity index (χ2n) is 7.54. The highest BCUT2D eigenvalue weighted by atomic mass is 32.2. The van der Waals surface area contributed by atoms with Crippen molar-refractivity contribution >= 4 is 33.8 Å². The van der Waals surface area contributed by atoms with Crippen molar-refractivity contribution in [1.82, 2.24) is 9.55 Å². The van der Waals surface area contributed by atoms with Gasteiger partial charge in [-0.3, -0.25) is 14.2 Å². The van der Waals surface area contributed by atoms with Crippen LogP contribution < -0.4 is 10.3 Å². The van der Waals surface area contributed by atoms with Crippen LogP contribution in [0.2, 0.25) is 0 Å². The molecule has 0 N–H and O–H groups in total. The molecule has 1 amide bonds. The summed E-state index contributed by atoms with van der Waals surface area (Å²) in [5.41, 5.74) is 1.62. The number of para-hydroxylation sites is 1. The number of hydrogen-bond acceptors (Lipinski definition) is 6. The Labute approximate surface area is 184 Å². The van der Waals surface area contributed by atoms with Crippen LogP contribution in [0.4, 0.5) is 4.79 Å². The van der Waals surface area contributed by atoms with Gasteiger partial charge in [0, 0.05) is 7.05 Å². The Morgan fingerprint density at radius 2 is 1.84 bits per heavy atom. The Kier molecular flexibility index (Phi) is 6.08. The van der Waals surface area contributed by atoms with E-state index in [0.29, 0.717) is 34.8 Å². The predicted molar refractivity (Wildman–Crippen MR) is 122 cm³/mol. The van der Waals surface area contributed by atoms with Gasteiger partial charge in [0.1, 0.15) is 18.2 Å². The summed E-state index contributed by atoms with van der Waals surface area (Å²) in [7, 11) is 1.70. The summed E-state index contributed by atoms with van der Waals surface area (Å²) < 4.78 is 13.1. The number of hydrogen-bond donors (Lipinski definition) is 0. The van der Waals surface area contributed by atoms with Crippen LogP contribution in [0.3, 0.4) is 0 Å². The number of carbonyl (C=O) groups excluding carboxylic acids is 1. The second-order valence-corrected chi connectivity index (χ2v) is 8.69. The van der Waals surface area contributed by atoms with Gasteiger partial charge in [0.15, 0.2) is 0 Å². The van der Waals surface area contributed by atoms with Crippen LogP contribution in [0.15, 0.2) is 58.3 Å². The van der Waals surface area contributed by atoms with Crippen molar-refractivity contribution in [2.75, 3.05) is 0 Å². The summed E-state index contributed by atoms with van der Waals surface area (Å²) in [5, 5.41) is 0.262. The first kappa shape index (κ1) is 21.1. The van der Waals surface area contributed by atoms with E-state index in [1.165, 1.54) is 16.3 Å². The Morgan fingerprint density at radius 1 is 1.10 bits per heavy atom. The quantitative estimate of drug-likeness (QED) is 0.577. The number of rotatable bonds is 6. The molecule has 0 saturated heterocycles. The highest BCUT2D eigenvalue weighted by Gasteiger charge is 2.30. The second kappa shape index (κ2) is 8.93. The molecule has 1 unspecified atom stereocenters. The lowest BCUT2D eigenvalue weighted by Gasteiger charge is -2.15. The van der Waals surface area contributed by atoms with E-state index in [1.807, 2.05) is 56.3 Å². The maximum atomic E-state index is 12.5. The Balaban J connectivity index is 1.42. The van der Waals surface area contributed by atoms with Crippen LogP contribution in [-0.2, 0) is 24.8 Å². The van der Waals surface area contributed by atoms with E-state index < -0.39 is 0 Å². The average Bonchev–Trinajstić information content (AvgIpc) is 3.08. The van der Waals surface area contributed by atoms with E-state index in [2.05, 4.69) is 9.98 Å². The molecule has 0 fully saturated rings. The minimum Gasteiger partial charge on any atom is -0.486 e. The lowest BCUT2D eigenvalue weighted by atomic mass is 10.1. The first-order valence-electron chi connectivity index (χ1n) is 10.0. The summed E-state index contributed by atoms with van der Waals surface area (Å²) in [6.07, 6.45) is 0.617. The molecule has 31 heavy (non-hydrogen) atoms. The lowest BCUT2D eigenvalue weighted by molar-refractivity contribution is 0.222. The molecule has 2 aromatic carbocycles. The highest BCUT2D eigenvalue weighted by Crippen LogP contribution is 2.28. The van der Waals surface area contributed by atoms with Crippen LogP contribution in [0.25, 0.3) is 10.9 Å². The van der Waals surface area contributed by atoms with Gasteiger partial charge < -0.3 is 9.47 Å². The number of fused-ring (bicyclic) bond motifs is 1. The number of amides is 1. The molecule has 2 heterocycles. The molecular weight excluding hydrogens is 414 g/mol. The Hall–Kier alpha value is -3.13. The molecule has 1 aliphatic heterocycles. The summed E-state index contributed by atoms with van der Waals surface area (Å²) in [6, 6.07) is 14.9. The molecular formula is C23H23N3O4S. The molecule has 3 aromatic rings. The SMILES string of the molecule is CC(C)OC1=NC(=O)SC1Cc1ccc(OCc2nc3ccccc3c(=O)n2C)cc1. The normalized spacial score (nSPS) is 16.1. The van der Waals surface area contributed by atoms with Gasteiger partial charge in [-0.05, 0) is 61.9 Å². The zero-order valence-corrected chi connectivity index (χ0v) is 18.4. The fourth-order valence-corrected chi connectivity index (χ4v) is 4.18. The van der Waals surface area contributed by atoms with Gasteiger partial charge >= 0.3 is 5.24 Å². The third-order valence-electron chi connectivity index (χ3n) is 4.86. The maximum absolute atomic E-state index is 12.5. The summed E-state index contributed by atoms with van der Waals surface area (Å²) in [6.45, 7) is 4.01. The third kappa shape index (κ3) is 4.80. The highest BCUT2D eigenvalue weighted by molar-refractivity contribution is 8.15. The van der Waals surface area contributed by atoms with Crippen molar-refractivity contribution in [3.63, 3.8) is 0 Å². The van der Waals surface area contributed by atoms with E-state index in [-0.39, 0.29) is 28.8 Å². The molecule has 4 rings (SSSR count). The van der Waals surface area contributed by atoms with Gasteiger partial charge in [0.25, 0.3) is 5.56 Å². The number of nitrogens with zero attached hydrogens (tertiary/aromatic N) is 3. The van der Waals surface area contributed by atoms with E-state index in [9.17, 15) is 9.59 Å². The average molecular weight is 438 g/mol. The molecule has 7 nitrogen and oxygen atoms in total. The van der Waals surface area contributed by atoms with Crippen molar-refractivity contribution < 1.29 is 14.3 Å². The summed E-state index contributed by atoms with van der Waals surface area (Å²) in [5.74, 6) is 1.72. The summed E-state index contributed by atoms with van der Waals surface area (Å²) in [4.78, 5) is 32.7. The van der Waals surface area contributed by atoms with Crippen molar-refractivity contribution in [3.8, 4) is 5.75 Å². The number of aliphatic imine (C=N–C) groups is 1. The van der Waals surface area contributed by atoms with Crippen LogP contribution in [0, 0.1) is 0 Å². The molecule has 1 aliphatic rings. The first-order chi connectivity index (χ1) is 14.9. The van der Waals surface area contributed by atoms with Crippen LogP contribution in [0.5, 0.6) is 5.75 Å². The van der Waals surface area contributed by atoms with Gasteiger partial charge in [-0.2, -0.15) is 4.99 Å². The van der Waals surface area contributed by atoms with Crippen molar-refractivity contribution in [2.24, 2.45) is 12.0 Å². The smallest absolute Gasteiger partial charge is 0.308 e. The monoisotopic (exact) mass is 437 g/mol. The van der Waals surface area contributed by atoms with Crippen molar-refractivity contribution in [3.05, 3.63) is 70.3 Å². The largest absolute Gasteiger partial charge is 0.486 e. The maximum Gasteiger partial charge on any atom is 0.308 e. The van der Waals surface area contributed by atoms with Crippen molar-refractivity contribution in [1.29, 1.82) is 0 Å². The molecule has 1 aromatic heterocycles. The topological polar surface area (TPSA) is 82.8 Å². The van der Waals surface area contributed by atoms with E-state index in [1.54, 1.807) is 13.1 Å². The Morgan fingerprint density at radius 3 is 2.58 bits per heavy atom. The van der Waals surface area contributed by atoms with Crippen LogP contribution in [-0.4, -0.2) is 32.0 Å². The van der Waals surface area contributed by atoms with Gasteiger partial charge in [-0.15, -0.1) is 0 Å². The zero-order valence-electron chi connectivity index (χ0n) is 17.6. The van der Waals surface area contributed by atoms with Crippen LogP contribution in [0.1, 0.15) is 25.2 Å². The van der Waals surface area contributed by atoms with Gasteiger partial charge in [0.2, 0.25) is 5.90 Å². The minimum atomic E-state index is -0.214. The molecule has 0 radical (unpaired) electrons. The predicted octanol–water partition coefficient (Wildman–Crippen LogP) is 4.11. The fraction of sp³-hybridized carbons (Fsp3) is 0.304. The minimum absolute atomic E-state index is 0.0248. The van der Waals surface area contributed by atoms with Crippen molar-refractivity contribution in [2.45, 2.75) is 38.2 Å². The fourth-order valence-electron chi connectivity index (χ4n) is 3.31. The van der Waals surface area contributed by atoms with Crippen LogP contribution >= 0.6 is 11.8 Å². The molecule has 0 bridgehead atoms. The third-order valence-corrected chi connectivity index (χ3v) is 5.81. The van der Waals surface area contributed by atoms with E-state index in [0.717, 1.165) is 5.56 Å². The zero-order chi connectivity index (χ0) is 22.0. The van der Waals surface area contributed by atoms with E-state index >= 15 is 0 Å².